The van der Waals surface area contributed by atoms with Crippen LogP contribution < -0.4 is 50.7 Å². The summed E-state index contributed by atoms with van der Waals surface area (Å²) in [7, 11) is 1.73. The molecule has 5 aliphatic rings. The summed E-state index contributed by atoms with van der Waals surface area (Å²) in [6.07, 6.45) is -5.30. The van der Waals surface area contributed by atoms with Gasteiger partial charge in [0, 0.05) is 36.3 Å². The lowest BCUT2D eigenvalue weighted by atomic mass is 9.72. The number of carbonyl (C=O) groups is 7. The third kappa shape index (κ3) is 13.2. The molecule has 5 aromatic rings. The molecule has 5 aliphatic heterocycles. The first-order chi connectivity index (χ1) is 39.4. The number of aryl methyl sites for hydroxylation is 1. The van der Waals surface area contributed by atoms with Crippen LogP contribution >= 0.6 is 23.2 Å². The van der Waals surface area contributed by atoms with Crippen molar-refractivity contribution in [1.82, 2.24) is 21.3 Å². The predicted octanol–water partition coefficient (Wildman–Crippen LogP) is 6.25. The second kappa shape index (κ2) is 25.8. The molecule has 10 rings (SSSR count). The first-order valence-corrected chi connectivity index (χ1v) is 27.5. The van der Waals surface area contributed by atoms with E-state index in [9.17, 15) is 39.4 Å². The molecular weight excluding hydrogens is 1120 g/mol. The molecule has 0 saturated carbocycles. The third-order valence-electron chi connectivity index (χ3n) is 15.0. The maximum absolute atomic E-state index is 15.8. The lowest BCUT2D eigenvalue weighted by molar-refractivity contribution is -0.137. The van der Waals surface area contributed by atoms with E-state index in [0.717, 1.165) is 0 Å². The van der Waals surface area contributed by atoms with Crippen molar-refractivity contribution in [3.63, 3.8) is 0 Å². The van der Waals surface area contributed by atoms with Gasteiger partial charge in [-0.2, -0.15) is 0 Å². The highest BCUT2D eigenvalue weighted by atomic mass is 35.5. The van der Waals surface area contributed by atoms with Gasteiger partial charge in [-0.15, -0.1) is 0 Å². The van der Waals surface area contributed by atoms with Crippen LogP contribution in [0.1, 0.15) is 116 Å². The van der Waals surface area contributed by atoms with Crippen molar-refractivity contribution in [2.24, 2.45) is 23.5 Å². The van der Waals surface area contributed by atoms with Gasteiger partial charge in [0.05, 0.1) is 49.2 Å². The van der Waals surface area contributed by atoms with Crippen LogP contribution in [0, 0.1) is 24.7 Å². The van der Waals surface area contributed by atoms with Gasteiger partial charge >= 0.3 is 7.12 Å². The molecule has 9 atom stereocenters. The highest BCUT2D eigenvalue weighted by Crippen LogP contribution is 2.49. The number of rotatable bonds is 11. The number of ketones is 2. The average Bonchev–Trinajstić information content (AvgIpc) is 2.88. The topological polar surface area (TPSA) is 321 Å². The molecule has 438 valence electrons. The van der Waals surface area contributed by atoms with Crippen LogP contribution in [0.5, 0.6) is 40.2 Å². The molecule has 5 amide bonds. The number of Topliss-reactive ketones (excluding diaryl/α,β-unsaturated/α-hetero) is 2. The number of hydrogen-bond donors (Lipinski definition) is 9. The molecule has 83 heavy (non-hydrogen) atoms. The monoisotopic (exact) mass is 1180 g/mol. The molecule has 5 heterocycles. The van der Waals surface area contributed by atoms with Crippen molar-refractivity contribution < 1.29 is 77.5 Å². The van der Waals surface area contributed by atoms with Crippen molar-refractivity contribution in [1.29, 1.82) is 0 Å². The number of aliphatic hydroxyl groups is 2. The van der Waals surface area contributed by atoms with Gasteiger partial charge in [-0.3, -0.25) is 33.6 Å². The summed E-state index contributed by atoms with van der Waals surface area (Å²) >= 11 is 13.8. The second-order valence-corrected chi connectivity index (χ2v) is 22.0. The summed E-state index contributed by atoms with van der Waals surface area (Å²) in [5, 5.41) is 56.7. The predicted molar refractivity (Wildman–Crippen MR) is 304 cm³/mol. The molecule has 0 spiro atoms. The van der Waals surface area contributed by atoms with Crippen molar-refractivity contribution in [3.05, 3.63) is 122 Å². The number of methoxy groups -OCH3 is 3. The van der Waals surface area contributed by atoms with Gasteiger partial charge in [0.15, 0.2) is 23.1 Å². The van der Waals surface area contributed by atoms with Crippen molar-refractivity contribution in [2.45, 2.75) is 102 Å². The Morgan fingerprint density at radius 1 is 0.723 bits per heavy atom. The van der Waals surface area contributed by atoms with Gasteiger partial charge in [0.2, 0.25) is 35.3 Å². The van der Waals surface area contributed by atoms with Gasteiger partial charge in [-0.05, 0) is 114 Å². The van der Waals surface area contributed by atoms with Crippen LogP contribution in [-0.4, -0.2) is 102 Å². The Bertz CT molecular complexity index is 3380. The maximum Gasteiger partial charge on any atom is 0.480 e. The number of halogens is 2. The van der Waals surface area contributed by atoms with Gasteiger partial charge < -0.3 is 70.9 Å². The highest BCUT2D eigenvalue weighted by molar-refractivity contribution is 6.44. The van der Waals surface area contributed by atoms with E-state index in [1.54, 1.807) is 26.0 Å². The van der Waals surface area contributed by atoms with Gasteiger partial charge in [0.25, 0.3) is 0 Å². The van der Waals surface area contributed by atoms with E-state index < -0.39 is 122 Å². The summed E-state index contributed by atoms with van der Waals surface area (Å²) < 4.78 is 30.5. The largest absolute Gasteiger partial charge is 0.496 e. The molecular formula is C59H64BCl2N5O16. The van der Waals surface area contributed by atoms with Gasteiger partial charge in [0.1, 0.15) is 53.3 Å². The molecule has 21 nitrogen and oxygen atoms in total. The Kier molecular flexibility index (Phi) is 19.1. The number of ether oxygens (including phenoxy) is 5. The first kappa shape index (κ1) is 61.3. The molecule has 5 aromatic carbocycles. The molecule has 1 unspecified atom stereocenters. The number of benzene rings is 5. The fourth-order valence-corrected chi connectivity index (χ4v) is 11.3. The van der Waals surface area contributed by atoms with Crippen LogP contribution in [0.3, 0.4) is 0 Å². The zero-order chi connectivity index (χ0) is 60.3. The maximum atomic E-state index is 15.8. The van der Waals surface area contributed by atoms with Crippen LogP contribution in [0.2, 0.25) is 10.0 Å². The number of amides is 5. The van der Waals surface area contributed by atoms with Crippen molar-refractivity contribution >= 4 is 71.4 Å². The quantitative estimate of drug-likeness (QED) is 0.0660. The summed E-state index contributed by atoms with van der Waals surface area (Å²) in [6, 6.07) is 12.9. The lowest BCUT2D eigenvalue weighted by Crippen LogP contribution is -2.54. The fraction of sp³-hybridized carbons (Fsp3) is 0.373. The number of nitrogens with two attached hydrogens (primary N) is 1. The summed E-state index contributed by atoms with van der Waals surface area (Å²) in [5.74, 6) is -12.3. The zero-order valence-electron chi connectivity index (χ0n) is 46.4. The van der Waals surface area contributed by atoms with E-state index >= 15 is 14.4 Å². The van der Waals surface area contributed by atoms with Crippen LogP contribution in [0.25, 0.3) is 11.1 Å². The Morgan fingerprint density at radius 3 is 1.89 bits per heavy atom. The molecule has 11 bridgehead atoms. The number of fused-ring (bicyclic) bond motifs is 15. The number of nitrogens with one attached hydrogen (secondary N) is 4. The Balaban J connectivity index is 1.39. The smallest absolute Gasteiger partial charge is 0.480 e. The second-order valence-electron chi connectivity index (χ2n) is 21.2. The van der Waals surface area contributed by atoms with Gasteiger partial charge in [-0.1, -0.05) is 68.2 Å². The minimum Gasteiger partial charge on any atom is -0.496 e. The van der Waals surface area contributed by atoms with E-state index in [2.05, 4.69) is 21.3 Å². The van der Waals surface area contributed by atoms with E-state index in [1.807, 2.05) is 13.8 Å². The van der Waals surface area contributed by atoms with Crippen LogP contribution in [0.4, 0.5) is 0 Å². The molecule has 0 aromatic heterocycles. The molecule has 0 radical (unpaired) electrons. The van der Waals surface area contributed by atoms with E-state index in [0.29, 0.717) is 18.4 Å². The van der Waals surface area contributed by atoms with E-state index in [-0.39, 0.29) is 95.2 Å². The average molecular weight is 1180 g/mol. The number of hydrogen-bond acceptors (Lipinski definition) is 16. The van der Waals surface area contributed by atoms with Crippen LogP contribution in [0.15, 0.2) is 78.9 Å². The minimum absolute atomic E-state index is 0.0294. The molecule has 0 fully saturated rings. The summed E-state index contributed by atoms with van der Waals surface area (Å²) in [4.78, 5) is 103. The Morgan fingerprint density at radius 2 is 1.34 bits per heavy atom. The zero-order valence-corrected chi connectivity index (χ0v) is 47.9. The summed E-state index contributed by atoms with van der Waals surface area (Å²) in [5.41, 5.74) is 6.88. The minimum atomic E-state index is -2.29. The van der Waals surface area contributed by atoms with Crippen molar-refractivity contribution in [2.75, 3.05) is 21.3 Å². The van der Waals surface area contributed by atoms with Crippen molar-refractivity contribution in [3.8, 4) is 51.4 Å². The molecule has 0 aliphatic carbocycles. The number of primary amides is 1. The number of carbonyl (C=O) groups excluding carboxylic acids is 7. The lowest BCUT2D eigenvalue weighted by Gasteiger charge is -2.31. The Labute approximate surface area is 488 Å². The SMILES string of the molecule is CC[C@@H](CC(C)C)C(=O)N[C@H]1C(=O)C[C@@H](CC(N)=O)C(=O)N[C@H]2C(=O)C[C@H]3C(=O)N[C@H](C(=O)NC(B(O)O)c4cc(C)cc(OC)c4-c4cc3ccc4OC)[C@H](O)c3ccc(c(Cl)c3)Oc3cc2cc(c3OC)Oc2ccc(cc2Cl)[C@H]1O. The van der Waals surface area contributed by atoms with Gasteiger partial charge in [-0.25, -0.2) is 0 Å². The Hall–Kier alpha value is -7.73. The van der Waals surface area contributed by atoms with E-state index in [4.69, 9.17) is 52.6 Å². The highest BCUT2D eigenvalue weighted by Gasteiger charge is 2.42. The molecule has 10 N–H and O–H groups in total. The first-order valence-electron chi connectivity index (χ1n) is 26.8. The molecule has 0 saturated heterocycles. The normalized spacial score (nSPS) is 22.2. The number of aliphatic hydroxyl groups excluding tert-OH is 2. The third-order valence-corrected chi connectivity index (χ3v) is 15.6. The molecule has 24 heteroatoms. The fourth-order valence-electron chi connectivity index (χ4n) is 10.8. The standard InChI is InChI=1S/C59H64BCl2N5O16/c1-8-28(15-26(2)3)56(73)65-50-39(68)21-33(24-47(63)70)57(74)64-49-32-22-45(82-42-13-10-30(52(50)71)19-37(42)61)54(81-7)46(23-32)83-43-14-11-31(20-38(43)62)53(72)51-59(76)67-55(60(77)78)36-16-27(4)17-44(80-6)48(36)35-18-29(9-12-41(35)79-5)34(25-40(49)69)58(75)66-51/h9-14,16-20,22-23,26,28,33-34,49-53,55,71-72,77-78H,8,15,21,24-25H2,1-7H3,(H2,63,70)(H,64,74)(H,65,73)(H,66,75)(H,67,76)/t28-,33-,34+,49+,50-,51-,52+,53+,55?/m0/s1. The summed E-state index contributed by atoms with van der Waals surface area (Å²) in [6.45, 7) is 7.36. The van der Waals surface area contributed by atoms with Crippen LogP contribution in [-0.2, 0) is 33.6 Å². The van der Waals surface area contributed by atoms with E-state index in [1.165, 1.54) is 88.1 Å².